The Morgan fingerprint density at radius 1 is 0.351 bits per heavy atom. The normalized spacial score (nSPS) is 12.8. The quantitative estimate of drug-likeness (QED) is 0.144. The molecule has 1 aliphatic rings. The molecule has 1 aliphatic carbocycles. The average Bonchev–Trinajstić information content (AvgIpc) is 3.49. The van der Waals surface area contributed by atoms with Crippen LogP contribution in [0.25, 0.3) is 44.8 Å². The van der Waals surface area contributed by atoms with Crippen LogP contribution >= 0.6 is 0 Å². The predicted octanol–water partition coefficient (Wildman–Crippen LogP) is 15.4. The van der Waals surface area contributed by atoms with Gasteiger partial charge in [0, 0.05) is 39.2 Å². The fourth-order valence-corrected chi connectivity index (χ4v) is 8.66. The Kier molecular flexibility index (Phi) is 8.53. The number of rotatable bonds is 8. The second kappa shape index (κ2) is 14.2. The van der Waals surface area contributed by atoms with Crippen LogP contribution in [0.3, 0.4) is 0 Å². The van der Waals surface area contributed by atoms with Gasteiger partial charge in [-0.1, -0.05) is 166 Å². The van der Waals surface area contributed by atoms with Gasteiger partial charge in [0.15, 0.2) is 0 Å². The number of anilines is 6. The van der Waals surface area contributed by atoms with Crippen LogP contribution < -0.4 is 9.80 Å². The molecule has 9 aromatic carbocycles. The number of hydrogen-bond donors (Lipinski definition) is 0. The van der Waals surface area contributed by atoms with Crippen LogP contribution in [0.4, 0.5) is 34.1 Å². The van der Waals surface area contributed by atoms with E-state index in [4.69, 9.17) is 0 Å². The molecule has 10 rings (SSSR count). The van der Waals surface area contributed by atoms with E-state index in [0.717, 1.165) is 45.3 Å². The number of benzene rings is 9. The van der Waals surface area contributed by atoms with E-state index < -0.39 is 0 Å². The highest BCUT2D eigenvalue weighted by Crippen LogP contribution is 2.51. The van der Waals surface area contributed by atoms with Crippen molar-refractivity contribution < 1.29 is 0 Å². The van der Waals surface area contributed by atoms with Crippen molar-refractivity contribution in [2.75, 3.05) is 9.80 Å². The molecule has 0 aromatic heterocycles. The van der Waals surface area contributed by atoms with Crippen molar-refractivity contribution in [1.82, 2.24) is 0 Å². The third-order valence-corrected chi connectivity index (χ3v) is 11.6. The monoisotopic (exact) mass is 730 g/mol. The molecule has 0 heterocycles. The molecule has 0 atom stereocenters. The summed E-state index contributed by atoms with van der Waals surface area (Å²) in [5, 5.41) is 4.91. The molecule has 0 unspecified atom stereocenters. The zero-order valence-corrected chi connectivity index (χ0v) is 32.2. The van der Waals surface area contributed by atoms with Gasteiger partial charge in [0.2, 0.25) is 0 Å². The van der Waals surface area contributed by atoms with Crippen molar-refractivity contribution in [3.63, 3.8) is 0 Å². The van der Waals surface area contributed by atoms with Crippen molar-refractivity contribution in [3.8, 4) is 11.1 Å². The lowest BCUT2D eigenvalue weighted by atomic mass is 9.82. The Balaban J connectivity index is 0.965. The molecule has 0 aliphatic heterocycles. The third kappa shape index (κ3) is 6.26. The minimum Gasteiger partial charge on any atom is -0.310 e. The molecular weight excluding hydrogens is 689 g/mol. The van der Waals surface area contributed by atoms with Crippen LogP contribution in [-0.2, 0) is 5.41 Å². The molecule has 2 heteroatoms. The van der Waals surface area contributed by atoms with E-state index in [1.54, 1.807) is 0 Å². The third-order valence-electron chi connectivity index (χ3n) is 11.6. The summed E-state index contributed by atoms with van der Waals surface area (Å²) >= 11 is 0. The molecule has 0 saturated heterocycles. The van der Waals surface area contributed by atoms with Crippen LogP contribution in [-0.4, -0.2) is 0 Å². The lowest BCUT2D eigenvalue weighted by molar-refractivity contribution is 0.660. The number of fused-ring (bicyclic) bond motifs is 5. The highest BCUT2D eigenvalue weighted by molar-refractivity contribution is 5.99. The van der Waals surface area contributed by atoms with E-state index in [9.17, 15) is 0 Å². The SMILES string of the molecule is CC1(C)c2ccccc2-c2ccc(N(c3ccc(C=Cc4ccc(N(c5ccccc5)c5ccc6ccccc6c5)cc4)cc3)c3cccc4ccccc34)cc21. The average molecular weight is 731 g/mol. The molecule has 0 fully saturated rings. The molecule has 2 nitrogen and oxygen atoms in total. The Morgan fingerprint density at radius 3 is 1.63 bits per heavy atom. The molecule has 272 valence electrons. The summed E-state index contributed by atoms with van der Waals surface area (Å²) in [7, 11) is 0. The fourth-order valence-electron chi connectivity index (χ4n) is 8.66. The van der Waals surface area contributed by atoms with Crippen molar-refractivity contribution in [2.45, 2.75) is 19.3 Å². The zero-order chi connectivity index (χ0) is 38.3. The molecule has 0 bridgehead atoms. The first-order chi connectivity index (χ1) is 28.0. The van der Waals surface area contributed by atoms with Gasteiger partial charge in [-0.25, -0.2) is 0 Å². The fraction of sp³-hybridized carbons (Fsp3) is 0.0545. The van der Waals surface area contributed by atoms with E-state index in [-0.39, 0.29) is 5.41 Å². The van der Waals surface area contributed by atoms with Gasteiger partial charge < -0.3 is 9.80 Å². The number of nitrogens with zero attached hydrogens (tertiary/aromatic N) is 2. The summed E-state index contributed by atoms with van der Waals surface area (Å²) in [6, 6.07) is 74.7. The Bertz CT molecular complexity index is 2920. The van der Waals surface area contributed by atoms with Gasteiger partial charge >= 0.3 is 0 Å². The highest BCUT2D eigenvalue weighted by Gasteiger charge is 2.35. The predicted molar refractivity (Wildman–Crippen MR) is 244 cm³/mol. The summed E-state index contributed by atoms with van der Waals surface area (Å²) in [6.07, 6.45) is 4.40. The van der Waals surface area contributed by atoms with Crippen molar-refractivity contribution >= 4 is 67.8 Å². The summed E-state index contributed by atoms with van der Waals surface area (Å²) in [4.78, 5) is 4.74. The molecule has 0 radical (unpaired) electrons. The molecule has 57 heavy (non-hydrogen) atoms. The second-order valence-corrected chi connectivity index (χ2v) is 15.5. The largest absolute Gasteiger partial charge is 0.310 e. The maximum atomic E-state index is 2.42. The van der Waals surface area contributed by atoms with Gasteiger partial charge in [-0.05, 0) is 116 Å². The van der Waals surface area contributed by atoms with E-state index in [1.165, 1.54) is 43.8 Å². The van der Waals surface area contributed by atoms with Gasteiger partial charge in [-0.3, -0.25) is 0 Å². The molecule has 0 amide bonds. The topological polar surface area (TPSA) is 6.48 Å². The molecular formula is C55H42N2. The van der Waals surface area contributed by atoms with E-state index in [2.05, 4.69) is 242 Å². The minimum absolute atomic E-state index is 0.0878. The van der Waals surface area contributed by atoms with E-state index in [1.807, 2.05) is 0 Å². The van der Waals surface area contributed by atoms with Crippen molar-refractivity contribution in [2.24, 2.45) is 0 Å². The first-order valence-corrected chi connectivity index (χ1v) is 19.8. The maximum Gasteiger partial charge on any atom is 0.0540 e. The Hall–Kier alpha value is -7.16. The molecule has 9 aromatic rings. The van der Waals surface area contributed by atoms with Crippen LogP contribution in [0, 0.1) is 0 Å². The molecule has 0 saturated carbocycles. The lowest BCUT2D eigenvalue weighted by Crippen LogP contribution is -2.16. The van der Waals surface area contributed by atoms with Gasteiger partial charge in [0.25, 0.3) is 0 Å². The zero-order valence-electron chi connectivity index (χ0n) is 32.2. The summed E-state index contributed by atoms with van der Waals surface area (Å²) in [5.41, 5.74) is 14.4. The first-order valence-electron chi connectivity index (χ1n) is 19.8. The van der Waals surface area contributed by atoms with E-state index in [0.29, 0.717) is 0 Å². The van der Waals surface area contributed by atoms with Gasteiger partial charge in [-0.15, -0.1) is 0 Å². The molecule has 0 N–H and O–H groups in total. The Labute approximate surface area is 335 Å². The van der Waals surface area contributed by atoms with Crippen molar-refractivity contribution in [3.05, 3.63) is 229 Å². The highest BCUT2D eigenvalue weighted by atomic mass is 15.1. The van der Waals surface area contributed by atoms with Gasteiger partial charge in [-0.2, -0.15) is 0 Å². The van der Waals surface area contributed by atoms with Crippen LogP contribution in [0.15, 0.2) is 206 Å². The van der Waals surface area contributed by atoms with Gasteiger partial charge in [0.05, 0.1) is 5.69 Å². The van der Waals surface area contributed by atoms with Crippen LogP contribution in [0.5, 0.6) is 0 Å². The maximum absolute atomic E-state index is 2.42. The number of hydrogen-bond acceptors (Lipinski definition) is 2. The standard InChI is InChI=1S/C55H42N2/c1-55(2)52-21-11-10-20-50(52)51-36-35-48(38-53(51)55)57(54-22-12-16-42-14-8-9-19-49(42)54)46-32-27-40(28-33-46)24-23-39-25-30-45(31-26-39)56(44-17-4-3-5-18-44)47-34-29-41-13-6-7-15-43(41)37-47/h3-38H,1-2H3. The van der Waals surface area contributed by atoms with Crippen molar-refractivity contribution in [1.29, 1.82) is 0 Å². The molecule has 0 spiro atoms. The minimum atomic E-state index is -0.0878. The van der Waals surface area contributed by atoms with E-state index >= 15 is 0 Å². The van der Waals surface area contributed by atoms with Crippen LogP contribution in [0.2, 0.25) is 0 Å². The van der Waals surface area contributed by atoms with Gasteiger partial charge in [0.1, 0.15) is 0 Å². The number of para-hydroxylation sites is 1. The van der Waals surface area contributed by atoms with Crippen LogP contribution in [0.1, 0.15) is 36.1 Å². The first kappa shape index (κ1) is 34.3. The summed E-state index contributed by atoms with van der Waals surface area (Å²) in [5.74, 6) is 0. The lowest BCUT2D eigenvalue weighted by Gasteiger charge is -2.29. The summed E-state index contributed by atoms with van der Waals surface area (Å²) < 4.78 is 0. The second-order valence-electron chi connectivity index (χ2n) is 15.5. The summed E-state index contributed by atoms with van der Waals surface area (Å²) in [6.45, 7) is 4.70. The smallest absolute Gasteiger partial charge is 0.0540 e. The Morgan fingerprint density at radius 2 is 0.877 bits per heavy atom.